The Balaban J connectivity index is 2.32. The average Bonchev–Trinajstić information content (AvgIpc) is 2.85. The molecule has 0 amide bonds. The summed E-state index contributed by atoms with van der Waals surface area (Å²) in [5.74, 6) is 1.07. The molecule has 0 aliphatic rings. The molecule has 0 aromatic carbocycles. The summed E-state index contributed by atoms with van der Waals surface area (Å²) in [6, 6.07) is 2.35. The lowest BCUT2D eigenvalue weighted by molar-refractivity contribution is 0.578. The summed E-state index contributed by atoms with van der Waals surface area (Å²) >= 11 is 1.72. The Kier molecular flexibility index (Phi) is 3.18. The first-order valence-corrected chi connectivity index (χ1v) is 6.00. The van der Waals surface area contributed by atoms with Crippen LogP contribution in [0.1, 0.15) is 24.4 Å². The first-order valence-electron chi connectivity index (χ1n) is 5.05. The highest BCUT2D eigenvalue weighted by atomic mass is 32.1. The van der Waals surface area contributed by atoms with E-state index in [-0.39, 0.29) is 6.04 Å². The smallest absolute Gasteiger partial charge is 0.130 e. The van der Waals surface area contributed by atoms with E-state index in [4.69, 9.17) is 0 Å². The third-order valence-electron chi connectivity index (χ3n) is 2.40. The Morgan fingerprint density at radius 2 is 2.47 bits per heavy atom. The number of hydrogen-bond acceptors (Lipinski definition) is 3. The molecule has 1 N–H and O–H groups in total. The van der Waals surface area contributed by atoms with Crippen molar-refractivity contribution in [3.63, 3.8) is 0 Å². The third kappa shape index (κ3) is 2.11. The highest BCUT2D eigenvalue weighted by Crippen LogP contribution is 2.22. The first-order chi connectivity index (χ1) is 7.33. The van der Waals surface area contributed by atoms with Gasteiger partial charge in [0.15, 0.2) is 0 Å². The van der Waals surface area contributed by atoms with Crippen molar-refractivity contribution >= 4 is 11.3 Å². The Morgan fingerprint density at radius 1 is 1.60 bits per heavy atom. The molecule has 15 heavy (non-hydrogen) atoms. The number of aromatic nitrogens is 2. The molecule has 0 aliphatic carbocycles. The summed E-state index contributed by atoms with van der Waals surface area (Å²) in [5, 5.41) is 7.72. The van der Waals surface area contributed by atoms with Crippen LogP contribution in [0, 0.1) is 0 Å². The molecular weight excluding hydrogens is 206 g/mol. The van der Waals surface area contributed by atoms with Crippen LogP contribution in [0.5, 0.6) is 0 Å². The van der Waals surface area contributed by atoms with E-state index >= 15 is 0 Å². The highest BCUT2D eigenvalue weighted by molar-refractivity contribution is 7.08. The summed E-state index contributed by atoms with van der Waals surface area (Å²) in [6.45, 7) is 3.05. The molecular formula is C11H15N3S. The minimum atomic E-state index is 0.209. The zero-order valence-electron chi connectivity index (χ0n) is 8.97. The second-order valence-corrected chi connectivity index (χ2v) is 4.22. The molecule has 2 aromatic heterocycles. The number of aryl methyl sites for hydroxylation is 1. The van der Waals surface area contributed by atoms with Gasteiger partial charge in [0.05, 0.1) is 6.04 Å². The monoisotopic (exact) mass is 221 g/mol. The molecule has 80 valence electrons. The highest BCUT2D eigenvalue weighted by Gasteiger charge is 2.16. The quantitative estimate of drug-likeness (QED) is 0.857. The topological polar surface area (TPSA) is 29.9 Å². The van der Waals surface area contributed by atoms with Gasteiger partial charge in [0.2, 0.25) is 0 Å². The van der Waals surface area contributed by atoms with Crippen molar-refractivity contribution in [2.45, 2.75) is 13.0 Å². The van der Waals surface area contributed by atoms with Gasteiger partial charge in [-0.05, 0) is 28.9 Å². The first kappa shape index (κ1) is 10.4. The van der Waals surface area contributed by atoms with Crippen molar-refractivity contribution in [1.29, 1.82) is 0 Å². The molecule has 0 saturated carbocycles. The Bertz CT molecular complexity index is 405. The van der Waals surface area contributed by atoms with Gasteiger partial charge < -0.3 is 9.88 Å². The van der Waals surface area contributed by atoms with E-state index in [2.05, 4.69) is 38.6 Å². The maximum Gasteiger partial charge on any atom is 0.130 e. The fourth-order valence-corrected chi connectivity index (χ4v) is 2.34. The number of thiophene rings is 1. The van der Waals surface area contributed by atoms with Gasteiger partial charge in [-0.2, -0.15) is 11.3 Å². The van der Waals surface area contributed by atoms with E-state index in [0.29, 0.717) is 0 Å². The molecule has 3 nitrogen and oxygen atoms in total. The molecule has 0 aliphatic heterocycles. The third-order valence-corrected chi connectivity index (χ3v) is 3.10. The Hall–Kier alpha value is -1.13. The summed E-state index contributed by atoms with van der Waals surface area (Å²) in [6.07, 6.45) is 3.82. The predicted molar refractivity (Wildman–Crippen MR) is 63.0 cm³/mol. The number of rotatable bonds is 4. The van der Waals surface area contributed by atoms with Crippen LogP contribution in [0.4, 0.5) is 0 Å². The van der Waals surface area contributed by atoms with Gasteiger partial charge in [-0.25, -0.2) is 4.98 Å². The molecule has 2 rings (SSSR count). The van der Waals surface area contributed by atoms with Gasteiger partial charge >= 0.3 is 0 Å². The average molecular weight is 221 g/mol. The predicted octanol–water partition coefficient (Wildman–Crippen LogP) is 2.18. The molecule has 0 bridgehead atoms. The van der Waals surface area contributed by atoms with Crippen molar-refractivity contribution in [2.24, 2.45) is 7.05 Å². The van der Waals surface area contributed by atoms with E-state index in [1.165, 1.54) is 5.56 Å². The van der Waals surface area contributed by atoms with Crippen LogP contribution in [0.2, 0.25) is 0 Å². The van der Waals surface area contributed by atoms with Crippen LogP contribution in [0.25, 0.3) is 0 Å². The molecule has 2 heterocycles. The number of imidazole rings is 1. The number of nitrogens with zero attached hydrogens (tertiary/aromatic N) is 2. The summed E-state index contributed by atoms with van der Waals surface area (Å²) in [5.41, 5.74) is 1.29. The molecule has 0 radical (unpaired) electrons. The van der Waals surface area contributed by atoms with E-state index in [1.54, 1.807) is 11.3 Å². The standard InChI is InChI=1S/C11H15N3S/c1-3-12-10(9-4-7-15-8-9)11-13-5-6-14(11)2/h4-8,10,12H,3H2,1-2H3. The molecule has 0 spiro atoms. The van der Waals surface area contributed by atoms with E-state index < -0.39 is 0 Å². The van der Waals surface area contributed by atoms with Gasteiger partial charge in [-0.1, -0.05) is 6.92 Å². The van der Waals surface area contributed by atoms with Gasteiger partial charge in [-0.15, -0.1) is 0 Å². The van der Waals surface area contributed by atoms with Crippen LogP contribution in [0.15, 0.2) is 29.2 Å². The van der Waals surface area contributed by atoms with Crippen molar-refractivity contribution < 1.29 is 0 Å². The normalized spacial score (nSPS) is 12.9. The fourth-order valence-electron chi connectivity index (χ4n) is 1.66. The lowest BCUT2D eigenvalue weighted by Gasteiger charge is -2.16. The van der Waals surface area contributed by atoms with Crippen LogP contribution < -0.4 is 5.32 Å². The lowest BCUT2D eigenvalue weighted by atomic mass is 10.1. The summed E-state index contributed by atoms with van der Waals surface area (Å²) in [7, 11) is 2.03. The van der Waals surface area contributed by atoms with Gasteiger partial charge in [0.1, 0.15) is 5.82 Å². The molecule has 1 unspecified atom stereocenters. The minimum Gasteiger partial charge on any atom is -0.336 e. The van der Waals surface area contributed by atoms with Crippen molar-refractivity contribution in [3.05, 3.63) is 40.6 Å². The largest absolute Gasteiger partial charge is 0.336 e. The van der Waals surface area contributed by atoms with Gasteiger partial charge in [0.25, 0.3) is 0 Å². The molecule has 1 atom stereocenters. The zero-order valence-corrected chi connectivity index (χ0v) is 9.79. The summed E-state index contributed by atoms with van der Waals surface area (Å²) in [4.78, 5) is 4.40. The number of hydrogen-bond donors (Lipinski definition) is 1. The second kappa shape index (κ2) is 4.59. The zero-order chi connectivity index (χ0) is 10.7. The van der Waals surface area contributed by atoms with Gasteiger partial charge in [0, 0.05) is 19.4 Å². The SMILES string of the molecule is CCNC(c1ccsc1)c1nccn1C. The van der Waals surface area contributed by atoms with Crippen molar-refractivity contribution in [1.82, 2.24) is 14.9 Å². The maximum atomic E-state index is 4.40. The minimum absolute atomic E-state index is 0.209. The van der Waals surface area contributed by atoms with E-state index in [1.807, 2.05) is 19.4 Å². The summed E-state index contributed by atoms with van der Waals surface area (Å²) < 4.78 is 2.06. The van der Waals surface area contributed by atoms with Crippen molar-refractivity contribution in [3.8, 4) is 0 Å². The lowest BCUT2D eigenvalue weighted by Crippen LogP contribution is -2.24. The van der Waals surface area contributed by atoms with Crippen LogP contribution in [-0.4, -0.2) is 16.1 Å². The van der Waals surface area contributed by atoms with E-state index in [9.17, 15) is 0 Å². The van der Waals surface area contributed by atoms with Crippen LogP contribution >= 0.6 is 11.3 Å². The molecule has 4 heteroatoms. The van der Waals surface area contributed by atoms with E-state index in [0.717, 1.165) is 12.4 Å². The second-order valence-electron chi connectivity index (χ2n) is 3.44. The fraction of sp³-hybridized carbons (Fsp3) is 0.364. The molecule has 2 aromatic rings. The Labute approximate surface area is 93.8 Å². The molecule has 0 fully saturated rings. The Morgan fingerprint density at radius 3 is 3.00 bits per heavy atom. The molecule has 0 saturated heterocycles. The van der Waals surface area contributed by atoms with Crippen LogP contribution in [0.3, 0.4) is 0 Å². The van der Waals surface area contributed by atoms with Crippen LogP contribution in [-0.2, 0) is 7.05 Å². The maximum absolute atomic E-state index is 4.40. The number of nitrogens with one attached hydrogen (secondary N) is 1. The van der Waals surface area contributed by atoms with Gasteiger partial charge in [-0.3, -0.25) is 0 Å². The van der Waals surface area contributed by atoms with Crippen molar-refractivity contribution in [2.75, 3.05) is 6.54 Å².